The summed E-state index contributed by atoms with van der Waals surface area (Å²) in [4.78, 5) is 28.4. The lowest BCUT2D eigenvalue weighted by Gasteiger charge is -2.08. The lowest BCUT2D eigenvalue weighted by Crippen LogP contribution is -2.18. The molecule has 1 aliphatic carbocycles. The van der Waals surface area contributed by atoms with Gasteiger partial charge in [0.25, 0.3) is 5.91 Å². The third kappa shape index (κ3) is 4.27. The summed E-state index contributed by atoms with van der Waals surface area (Å²) in [6, 6.07) is 12.8. The Labute approximate surface area is 214 Å². The summed E-state index contributed by atoms with van der Waals surface area (Å²) in [6.45, 7) is 0. The van der Waals surface area contributed by atoms with Crippen LogP contribution in [0.3, 0.4) is 0 Å². The third-order valence-electron chi connectivity index (χ3n) is 5.84. The van der Waals surface area contributed by atoms with Gasteiger partial charge in [-0.1, -0.05) is 17.7 Å². The van der Waals surface area contributed by atoms with E-state index >= 15 is 0 Å². The molecule has 10 nitrogen and oxygen atoms in total. The second-order valence-electron chi connectivity index (χ2n) is 8.37. The fourth-order valence-corrected chi connectivity index (χ4v) is 4.81. The molecule has 0 saturated heterocycles. The summed E-state index contributed by atoms with van der Waals surface area (Å²) in [5.74, 6) is 0.354. The number of fused-ring (bicyclic) bond motifs is 2. The number of benzene rings is 1. The number of imidazole rings is 1. The Kier molecular flexibility index (Phi) is 5.57. The third-order valence-corrected chi connectivity index (χ3v) is 7.04. The predicted molar refractivity (Wildman–Crippen MR) is 135 cm³/mol. The Balaban J connectivity index is 1.27. The van der Waals surface area contributed by atoms with Crippen molar-refractivity contribution in [1.29, 1.82) is 0 Å². The minimum Gasteiger partial charge on any atom is -0.355 e. The number of aromatic nitrogens is 6. The summed E-state index contributed by atoms with van der Waals surface area (Å²) in [5.41, 5.74) is 3.49. The summed E-state index contributed by atoms with van der Waals surface area (Å²) in [6.07, 6.45) is 5.48. The highest BCUT2D eigenvalue weighted by Crippen LogP contribution is 2.31. The van der Waals surface area contributed by atoms with Crippen LogP contribution < -0.4 is 10.6 Å². The van der Waals surface area contributed by atoms with Crippen LogP contribution in [0.15, 0.2) is 65.0 Å². The Hall–Kier alpha value is -3.96. The maximum atomic E-state index is 12.0. The van der Waals surface area contributed by atoms with Crippen LogP contribution in [0, 0.1) is 5.92 Å². The molecule has 6 rings (SSSR count). The van der Waals surface area contributed by atoms with E-state index in [1.54, 1.807) is 29.9 Å². The highest BCUT2D eigenvalue weighted by atomic mass is 35.5. The molecule has 0 spiro atoms. The molecule has 36 heavy (non-hydrogen) atoms. The van der Waals surface area contributed by atoms with Gasteiger partial charge in [0.2, 0.25) is 11.1 Å². The van der Waals surface area contributed by atoms with Crippen molar-refractivity contribution in [2.75, 3.05) is 12.4 Å². The Morgan fingerprint density at radius 2 is 1.83 bits per heavy atom. The molecule has 5 aromatic rings. The van der Waals surface area contributed by atoms with Gasteiger partial charge >= 0.3 is 0 Å². The first-order valence-corrected chi connectivity index (χ1v) is 12.4. The number of nitrogens with zero attached hydrogens (tertiary/aromatic N) is 6. The molecular formula is C24H19ClN8O2S. The number of hydrogen-bond acceptors (Lipinski definition) is 7. The maximum Gasteiger partial charge on any atom is 0.252 e. The fourth-order valence-electron chi connectivity index (χ4n) is 3.77. The molecule has 1 fully saturated rings. The van der Waals surface area contributed by atoms with Gasteiger partial charge < -0.3 is 10.6 Å². The van der Waals surface area contributed by atoms with Crippen molar-refractivity contribution in [3.8, 4) is 11.1 Å². The molecule has 0 unspecified atom stereocenters. The van der Waals surface area contributed by atoms with Gasteiger partial charge in [-0.3, -0.25) is 14.0 Å². The Morgan fingerprint density at radius 3 is 2.61 bits per heavy atom. The Morgan fingerprint density at radius 1 is 1.03 bits per heavy atom. The second kappa shape index (κ2) is 8.92. The normalized spacial score (nSPS) is 13.3. The average molecular weight is 519 g/mol. The Bertz CT molecular complexity index is 1660. The minimum atomic E-state index is -0.237. The molecule has 1 aliphatic rings. The molecule has 0 aliphatic heterocycles. The summed E-state index contributed by atoms with van der Waals surface area (Å²) >= 11 is 7.71. The SMILES string of the molecule is CNC(=O)c1ccc(-c2ccc3nnc(Sc4ccc5nc(NC(=O)C6CC6)cn5n4)n3c2)cc1Cl. The fraction of sp³-hybridized carbons (Fsp3) is 0.167. The second-order valence-corrected chi connectivity index (χ2v) is 9.76. The topological polar surface area (TPSA) is 119 Å². The molecular weight excluding hydrogens is 500 g/mol. The van der Waals surface area contributed by atoms with Gasteiger partial charge in [-0.05, 0) is 72.1 Å². The van der Waals surface area contributed by atoms with Crippen LogP contribution in [0.2, 0.25) is 5.02 Å². The number of pyridine rings is 1. The van der Waals surface area contributed by atoms with Crippen LogP contribution in [-0.2, 0) is 4.79 Å². The smallest absolute Gasteiger partial charge is 0.252 e. The number of nitrogens with one attached hydrogen (secondary N) is 2. The van der Waals surface area contributed by atoms with Crippen LogP contribution in [0.4, 0.5) is 5.82 Å². The van der Waals surface area contributed by atoms with Gasteiger partial charge in [0.05, 0.1) is 16.8 Å². The van der Waals surface area contributed by atoms with Crippen LogP contribution in [0.5, 0.6) is 0 Å². The zero-order chi connectivity index (χ0) is 24.8. The summed E-state index contributed by atoms with van der Waals surface area (Å²) in [7, 11) is 1.57. The first-order chi connectivity index (χ1) is 17.5. The van der Waals surface area contributed by atoms with Crippen molar-refractivity contribution in [3.05, 3.63) is 65.4 Å². The van der Waals surface area contributed by atoms with Crippen LogP contribution in [0.1, 0.15) is 23.2 Å². The number of carbonyl (C=O) groups excluding carboxylic acids is 2. The van der Waals surface area contributed by atoms with Gasteiger partial charge in [0.1, 0.15) is 5.03 Å². The monoisotopic (exact) mass is 518 g/mol. The van der Waals surface area contributed by atoms with Crippen molar-refractivity contribution in [2.24, 2.45) is 5.92 Å². The van der Waals surface area contributed by atoms with Crippen LogP contribution >= 0.6 is 23.4 Å². The first kappa shape index (κ1) is 22.5. The van der Waals surface area contributed by atoms with Crippen LogP contribution in [0.25, 0.3) is 22.4 Å². The number of hydrogen-bond donors (Lipinski definition) is 2. The minimum absolute atomic E-state index is 0.00305. The maximum absolute atomic E-state index is 12.0. The molecule has 1 saturated carbocycles. The average Bonchev–Trinajstić information content (AvgIpc) is 3.56. The van der Waals surface area contributed by atoms with E-state index in [0.29, 0.717) is 37.9 Å². The van der Waals surface area contributed by atoms with Crippen molar-refractivity contribution >= 4 is 52.3 Å². The molecule has 180 valence electrons. The van der Waals surface area contributed by atoms with Gasteiger partial charge in [0, 0.05) is 19.2 Å². The molecule has 4 heterocycles. The van der Waals surface area contributed by atoms with Gasteiger partial charge in [0.15, 0.2) is 17.1 Å². The largest absolute Gasteiger partial charge is 0.355 e. The quantitative estimate of drug-likeness (QED) is 0.349. The van der Waals surface area contributed by atoms with Crippen molar-refractivity contribution in [3.63, 3.8) is 0 Å². The predicted octanol–water partition coefficient (Wildman–Crippen LogP) is 3.95. The molecule has 2 amide bonds. The van der Waals surface area contributed by atoms with Crippen molar-refractivity contribution < 1.29 is 9.59 Å². The zero-order valence-corrected chi connectivity index (χ0v) is 20.5. The van der Waals surface area contributed by atoms with Gasteiger partial charge in [-0.2, -0.15) is 5.10 Å². The van der Waals surface area contributed by atoms with E-state index in [2.05, 4.69) is 30.9 Å². The molecule has 1 aromatic carbocycles. The number of halogens is 1. The highest BCUT2D eigenvalue weighted by molar-refractivity contribution is 7.99. The van der Waals surface area contributed by atoms with Crippen LogP contribution in [-0.4, -0.2) is 48.1 Å². The van der Waals surface area contributed by atoms with Crippen molar-refractivity contribution in [2.45, 2.75) is 23.0 Å². The van der Waals surface area contributed by atoms with E-state index in [-0.39, 0.29) is 17.7 Å². The summed E-state index contributed by atoms with van der Waals surface area (Å²) < 4.78 is 3.51. The molecule has 2 N–H and O–H groups in total. The molecule has 12 heteroatoms. The van der Waals surface area contributed by atoms with E-state index in [9.17, 15) is 9.59 Å². The molecule has 4 aromatic heterocycles. The lowest BCUT2D eigenvalue weighted by atomic mass is 10.1. The van der Waals surface area contributed by atoms with Gasteiger partial charge in [-0.15, -0.1) is 10.2 Å². The lowest BCUT2D eigenvalue weighted by molar-refractivity contribution is -0.117. The molecule has 0 atom stereocenters. The molecule has 0 bridgehead atoms. The van der Waals surface area contributed by atoms with E-state index in [1.807, 2.05) is 40.9 Å². The number of anilines is 1. The zero-order valence-electron chi connectivity index (χ0n) is 19.0. The number of amides is 2. The van der Waals surface area contributed by atoms with Gasteiger partial charge in [-0.25, -0.2) is 9.50 Å². The highest BCUT2D eigenvalue weighted by Gasteiger charge is 2.30. The number of carbonyl (C=O) groups is 2. The van der Waals surface area contributed by atoms with E-state index in [4.69, 9.17) is 11.6 Å². The summed E-state index contributed by atoms with van der Waals surface area (Å²) in [5, 5.41) is 20.3. The molecule has 0 radical (unpaired) electrons. The van der Waals surface area contributed by atoms with E-state index < -0.39 is 0 Å². The van der Waals surface area contributed by atoms with Crippen molar-refractivity contribution in [1.82, 2.24) is 34.5 Å². The van der Waals surface area contributed by atoms with E-state index in [1.165, 1.54) is 11.8 Å². The number of rotatable bonds is 6. The standard InChI is InChI=1S/C24H19ClN8O2S/c1-26-23(35)16-6-4-14(10-17(16)25)15-5-7-20-29-30-24(32(20)11-15)36-21-9-8-19-27-18(12-33(19)31-21)28-22(34)13-2-3-13/h4-13H,2-3H2,1H3,(H,26,35)(H,28,34). The van der Waals surface area contributed by atoms with E-state index in [0.717, 1.165) is 24.0 Å². The first-order valence-electron chi connectivity index (χ1n) is 11.2.